The van der Waals surface area contributed by atoms with Gasteiger partial charge in [0.05, 0.1) is 12.1 Å². The first-order chi connectivity index (χ1) is 23.4. The first kappa shape index (κ1) is 38.8. The lowest BCUT2D eigenvalue weighted by atomic mass is 9.88. The van der Waals surface area contributed by atoms with Gasteiger partial charge in [-0.2, -0.15) is 5.26 Å². The quantitative estimate of drug-likeness (QED) is 0.214. The fourth-order valence-corrected chi connectivity index (χ4v) is 5.99. The lowest BCUT2D eigenvalue weighted by Crippen LogP contribution is -2.45. The average molecular weight is 677 g/mol. The van der Waals surface area contributed by atoms with Gasteiger partial charge in [-0.05, 0) is 61.7 Å². The molecule has 0 aromatic heterocycles. The highest BCUT2D eigenvalue weighted by atomic mass is 16.5. The second kappa shape index (κ2) is 18.8. The van der Waals surface area contributed by atoms with Gasteiger partial charge in [0.15, 0.2) is 11.6 Å². The summed E-state index contributed by atoms with van der Waals surface area (Å²) in [5, 5.41) is 11.9. The van der Waals surface area contributed by atoms with E-state index in [1.54, 1.807) is 37.3 Å². The van der Waals surface area contributed by atoms with E-state index >= 15 is 0 Å². The van der Waals surface area contributed by atoms with Crippen LogP contribution in [-0.4, -0.2) is 80.0 Å². The van der Waals surface area contributed by atoms with Gasteiger partial charge < -0.3 is 41.7 Å². The number of nitrogens with one attached hydrogen (secondary N) is 1. The highest BCUT2D eigenvalue weighted by molar-refractivity contribution is 5.96. The third kappa shape index (κ3) is 10.4. The van der Waals surface area contributed by atoms with Crippen molar-refractivity contribution < 1.29 is 33.4 Å². The van der Waals surface area contributed by atoms with E-state index in [1.807, 2.05) is 12.1 Å². The maximum absolute atomic E-state index is 14.2. The molecule has 4 atom stereocenters. The summed E-state index contributed by atoms with van der Waals surface area (Å²) in [6.07, 6.45) is 0.0123. The van der Waals surface area contributed by atoms with Crippen LogP contribution >= 0.6 is 0 Å². The lowest BCUT2D eigenvalue weighted by molar-refractivity contribution is -0.143. The van der Waals surface area contributed by atoms with Crippen molar-refractivity contribution in [3.8, 4) is 28.7 Å². The summed E-state index contributed by atoms with van der Waals surface area (Å²) in [5.41, 5.74) is 19.6. The number of benzene rings is 2. The summed E-state index contributed by atoms with van der Waals surface area (Å²) in [4.78, 5) is 68.3. The molecular formula is C36H48N6O7. The lowest BCUT2D eigenvalue weighted by Gasteiger charge is -2.32. The maximum Gasteiger partial charge on any atom is 0.226 e. The fraction of sp³-hybridized carbons (Fsp3) is 0.500. The standard InChI is InChI=1S/C36H48N6O7/c1-22-17-31(45)34(42(3)36(47)26(10-12-38)18-23(2)43)25-7-9-33(49-16-14-40)28(21-25)27-19-24(6-8-32(27)48-15-13-39)20-29(41-35(22)46)30(44)5-4-11-37/h6-9,19,21-22,26,29,34H,4-5,10,12-18,20,38-40H2,1-3H3,(H,41,46)/t22-,26-,29+,34+/m1/s1. The van der Waals surface area contributed by atoms with Crippen molar-refractivity contribution in [2.75, 3.05) is 39.9 Å². The minimum absolute atomic E-state index is 0.0121. The molecule has 1 aliphatic rings. The number of nitrogens with zero attached hydrogens (tertiary/aromatic N) is 2. The van der Waals surface area contributed by atoms with Gasteiger partial charge in [0, 0.05) is 68.8 Å². The van der Waals surface area contributed by atoms with Crippen LogP contribution in [0.1, 0.15) is 63.1 Å². The maximum atomic E-state index is 14.2. The minimum atomic E-state index is -1.15. The van der Waals surface area contributed by atoms with Gasteiger partial charge in [-0.1, -0.05) is 19.1 Å². The number of nitrogens with two attached hydrogens (primary N) is 3. The third-order valence-corrected chi connectivity index (χ3v) is 8.43. The molecule has 2 aromatic carbocycles. The number of rotatable bonds is 15. The number of likely N-dealkylation sites (N-methyl/N-ethyl adjacent to an activating group) is 1. The van der Waals surface area contributed by atoms with Crippen LogP contribution in [0.25, 0.3) is 11.1 Å². The molecule has 264 valence electrons. The predicted molar refractivity (Wildman–Crippen MR) is 183 cm³/mol. The molecule has 4 bridgehead atoms. The first-order valence-electron chi connectivity index (χ1n) is 16.6. The molecule has 7 N–H and O–H groups in total. The van der Waals surface area contributed by atoms with Crippen molar-refractivity contribution >= 4 is 29.2 Å². The van der Waals surface area contributed by atoms with Crippen LogP contribution in [0, 0.1) is 23.2 Å². The topological polar surface area (TPSA) is 221 Å². The summed E-state index contributed by atoms with van der Waals surface area (Å²) in [6.45, 7) is 4.01. The predicted octanol–water partition coefficient (Wildman–Crippen LogP) is 1.98. The number of fused-ring (bicyclic) bond motifs is 5. The smallest absolute Gasteiger partial charge is 0.226 e. The molecule has 2 aromatic rings. The van der Waals surface area contributed by atoms with Gasteiger partial charge >= 0.3 is 0 Å². The van der Waals surface area contributed by atoms with Gasteiger partial charge in [-0.25, -0.2) is 0 Å². The number of hydrogen-bond donors (Lipinski definition) is 4. The Bertz CT molecular complexity index is 1550. The monoisotopic (exact) mass is 676 g/mol. The highest BCUT2D eigenvalue weighted by Crippen LogP contribution is 2.40. The molecule has 13 nitrogen and oxygen atoms in total. The Hall–Kier alpha value is -4.64. The van der Waals surface area contributed by atoms with Crippen LogP contribution in [-0.2, 0) is 30.4 Å². The van der Waals surface area contributed by atoms with Crippen molar-refractivity contribution in [2.24, 2.45) is 29.0 Å². The number of ether oxygens (including phenoxy) is 2. The zero-order chi connectivity index (χ0) is 36.1. The Kier molecular flexibility index (Phi) is 14.9. The fourth-order valence-electron chi connectivity index (χ4n) is 5.99. The van der Waals surface area contributed by atoms with Gasteiger partial charge in [-0.3, -0.25) is 19.2 Å². The Morgan fingerprint density at radius 3 is 2.20 bits per heavy atom. The summed E-state index contributed by atoms with van der Waals surface area (Å²) >= 11 is 0. The molecule has 1 heterocycles. The summed E-state index contributed by atoms with van der Waals surface area (Å²) < 4.78 is 12.1. The van der Waals surface area contributed by atoms with Crippen LogP contribution in [0.15, 0.2) is 36.4 Å². The van der Waals surface area contributed by atoms with Crippen LogP contribution in [0.4, 0.5) is 0 Å². The molecule has 49 heavy (non-hydrogen) atoms. The van der Waals surface area contributed by atoms with Gasteiger partial charge in [0.2, 0.25) is 11.8 Å². The molecule has 0 unspecified atom stereocenters. The van der Waals surface area contributed by atoms with Crippen LogP contribution in [0.5, 0.6) is 11.5 Å². The third-order valence-electron chi connectivity index (χ3n) is 8.43. The number of hydrogen-bond acceptors (Lipinski definition) is 11. The minimum Gasteiger partial charge on any atom is -0.492 e. The number of Topliss-reactive ketones (excluding diaryl/α,β-unsaturated/α-hetero) is 3. The van der Waals surface area contributed by atoms with Crippen molar-refractivity contribution in [1.29, 1.82) is 5.26 Å². The number of carbonyl (C=O) groups is 5. The number of carbonyl (C=O) groups excluding carboxylic acids is 5. The Morgan fingerprint density at radius 1 is 0.980 bits per heavy atom. The van der Waals surface area contributed by atoms with Crippen LogP contribution in [0.2, 0.25) is 0 Å². The van der Waals surface area contributed by atoms with E-state index in [-0.39, 0.29) is 82.9 Å². The zero-order valence-electron chi connectivity index (χ0n) is 28.5. The number of nitriles is 1. The number of ketones is 3. The van der Waals surface area contributed by atoms with Gasteiger partial charge in [-0.15, -0.1) is 0 Å². The molecule has 0 fully saturated rings. The molecule has 2 amide bonds. The Labute approximate surface area is 287 Å². The SMILES string of the molecule is CC(=O)C[C@@H](CCN)C(=O)N(C)[C@@H]1C(=O)C[C@@H](C)C(=O)N[C@H](C(=O)CCC#N)Cc2ccc(OCCN)c(c2)-c2cc1ccc2OCCN. The molecule has 3 rings (SSSR count). The molecule has 0 saturated heterocycles. The molecule has 13 heteroatoms. The van der Waals surface area contributed by atoms with Crippen molar-refractivity contribution in [3.63, 3.8) is 0 Å². The van der Waals surface area contributed by atoms with E-state index in [4.69, 9.17) is 31.9 Å². The molecule has 0 saturated carbocycles. The Morgan fingerprint density at radius 2 is 1.61 bits per heavy atom. The molecule has 0 spiro atoms. The van der Waals surface area contributed by atoms with Crippen molar-refractivity contribution in [1.82, 2.24) is 10.2 Å². The number of amides is 2. The first-order valence-corrected chi connectivity index (χ1v) is 16.6. The van der Waals surface area contributed by atoms with Gasteiger partial charge in [0.25, 0.3) is 0 Å². The average Bonchev–Trinajstić information content (AvgIpc) is 3.07. The van der Waals surface area contributed by atoms with Crippen LogP contribution in [0.3, 0.4) is 0 Å². The summed E-state index contributed by atoms with van der Waals surface area (Å²) in [7, 11) is 1.50. The molecule has 1 aliphatic heterocycles. The second-order valence-electron chi connectivity index (χ2n) is 12.4. The van der Waals surface area contributed by atoms with E-state index < -0.39 is 41.5 Å². The van der Waals surface area contributed by atoms with Crippen LogP contribution < -0.4 is 32.0 Å². The van der Waals surface area contributed by atoms with Crippen molar-refractivity contribution in [3.05, 3.63) is 47.5 Å². The van der Waals surface area contributed by atoms with Crippen molar-refractivity contribution in [2.45, 2.75) is 64.5 Å². The molecular weight excluding hydrogens is 628 g/mol. The molecule has 0 aliphatic carbocycles. The van der Waals surface area contributed by atoms with E-state index in [2.05, 4.69) is 5.32 Å². The van der Waals surface area contributed by atoms with E-state index in [9.17, 15) is 24.0 Å². The van der Waals surface area contributed by atoms with E-state index in [1.165, 1.54) is 18.9 Å². The Balaban J connectivity index is 2.31. The summed E-state index contributed by atoms with van der Waals surface area (Å²) in [6, 6.07) is 10.3. The normalized spacial score (nSPS) is 18.3. The largest absolute Gasteiger partial charge is 0.492 e. The summed E-state index contributed by atoms with van der Waals surface area (Å²) in [5.74, 6) is -2.58. The van der Waals surface area contributed by atoms with E-state index in [0.717, 1.165) is 0 Å². The van der Waals surface area contributed by atoms with E-state index in [0.29, 0.717) is 33.8 Å². The molecule has 0 radical (unpaired) electrons. The zero-order valence-corrected chi connectivity index (χ0v) is 28.5. The second-order valence-corrected chi connectivity index (χ2v) is 12.4. The van der Waals surface area contributed by atoms with Gasteiger partial charge in [0.1, 0.15) is 36.5 Å². The highest BCUT2D eigenvalue weighted by Gasteiger charge is 2.35.